The van der Waals surface area contributed by atoms with Gasteiger partial charge in [-0.1, -0.05) is 30.3 Å². The topological polar surface area (TPSA) is 95.6 Å². The predicted molar refractivity (Wildman–Crippen MR) is 134 cm³/mol. The fourth-order valence-electron chi connectivity index (χ4n) is 4.62. The van der Waals surface area contributed by atoms with E-state index in [0.717, 1.165) is 26.6 Å². The number of carbonyl (C=O) groups excluding carboxylic acids is 3. The van der Waals surface area contributed by atoms with Crippen molar-refractivity contribution in [1.82, 2.24) is 20.0 Å². The van der Waals surface area contributed by atoms with Crippen molar-refractivity contribution >= 4 is 50.1 Å². The van der Waals surface area contributed by atoms with Crippen molar-refractivity contribution in [2.75, 3.05) is 20.2 Å². The molecule has 1 atom stereocenters. The first-order valence-corrected chi connectivity index (χ1v) is 12.3. The maximum absolute atomic E-state index is 13.9. The van der Waals surface area contributed by atoms with E-state index >= 15 is 0 Å². The molecule has 2 amide bonds. The third kappa shape index (κ3) is 4.16. The largest absolute Gasteiger partial charge is 0.469 e. The summed E-state index contributed by atoms with van der Waals surface area (Å²) in [6, 6.07) is 13.6. The predicted octanol–water partition coefficient (Wildman–Crippen LogP) is 3.97. The van der Waals surface area contributed by atoms with Crippen LogP contribution in [0, 0.1) is 0 Å². The van der Waals surface area contributed by atoms with Crippen LogP contribution in [0.4, 0.5) is 0 Å². The quantitative estimate of drug-likeness (QED) is 0.396. The Morgan fingerprint density at radius 3 is 2.83 bits per heavy atom. The molecule has 1 N–H and O–H groups in total. The number of rotatable bonds is 7. The smallest absolute Gasteiger partial charge is 0.307 e. The van der Waals surface area contributed by atoms with Crippen molar-refractivity contribution in [3.05, 3.63) is 65.2 Å². The lowest BCUT2D eigenvalue weighted by molar-refractivity contribution is -0.151. The molecule has 1 aliphatic heterocycles. The summed E-state index contributed by atoms with van der Waals surface area (Å²) in [4.78, 5) is 42.6. The Morgan fingerprint density at radius 1 is 1.23 bits per heavy atom. The third-order valence-electron chi connectivity index (χ3n) is 6.82. The number of amides is 2. The van der Waals surface area contributed by atoms with Crippen LogP contribution in [0.25, 0.3) is 21.0 Å². The average molecular weight is 491 g/mol. The summed E-state index contributed by atoms with van der Waals surface area (Å²) in [5, 5.41) is 10.7. The van der Waals surface area contributed by atoms with Gasteiger partial charge in [-0.3, -0.25) is 19.5 Å². The number of nitrogens with zero attached hydrogens (tertiary/aromatic N) is 3. The fraction of sp³-hybridized carbons (Fsp3) is 0.308. The molecule has 0 radical (unpaired) electrons. The van der Waals surface area contributed by atoms with Crippen LogP contribution in [0.1, 0.15) is 35.7 Å². The Kier molecular flexibility index (Phi) is 6.02. The number of aromatic amines is 1. The number of aromatic nitrogens is 2. The second-order valence-corrected chi connectivity index (χ2v) is 9.88. The van der Waals surface area contributed by atoms with Crippen LogP contribution in [0.5, 0.6) is 0 Å². The lowest BCUT2D eigenvalue weighted by Crippen LogP contribution is -2.67. The van der Waals surface area contributed by atoms with Gasteiger partial charge in [0.1, 0.15) is 5.54 Å². The zero-order chi connectivity index (χ0) is 24.6. The van der Waals surface area contributed by atoms with Crippen LogP contribution in [0.3, 0.4) is 0 Å². The van der Waals surface area contributed by atoms with E-state index in [1.807, 2.05) is 54.8 Å². The maximum atomic E-state index is 13.9. The Bertz CT molecular complexity index is 1430. The minimum Gasteiger partial charge on any atom is -0.469 e. The number of methoxy groups -OCH3 is 1. The normalized spacial score (nSPS) is 17.4. The summed E-state index contributed by atoms with van der Waals surface area (Å²) in [7, 11) is 1.33. The minimum atomic E-state index is -0.978. The highest BCUT2D eigenvalue weighted by Crippen LogP contribution is 2.37. The monoisotopic (exact) mass is 490 g/mol. The van der Waals surface area contributed by atoms with Crippen molar-refractivity contribution in [2.45, 2.75) is 31.8 Å². The minimum absolute atomic E-state index is 0.0771. The molecule has 8 nitrogen and oxygen atoms in total. The number of ether oxygens (including phenoxy) is 1. The SMILES string of the molecule is COC(=O)CCN(Cc1ccc2cn[nH]c2c1)C(=O)C1(C)CCN1C(=O)c1csc2ccccc12. The van der Waals surface area contributed by atoms with Gasteiger partial charge in [-0.25, -0.2) is 0 Å². The van der Waals surface area contributed by atoms with Gasteiger partial charge in [0.15, 0.2) is 0 Å². The maximum Gasteiger partial charge on any atom is 0.307 e. The lowest BCUT2D eigenvalue weighted by Gasteiger charge is -2.51. The van der Waals surface area contributed by atoms with E-state index in [1.165, 1.54) is 18.4 Å². The Balaban J connectivity index is 1.40. The van der Waals surface area contributed by atoms with E-state index in [2.05, 4.69) is 10.2 Å². The summed E-state index contributed by atoms with van der Waals surface area (Å²) < 4.78 is 5.84. The third-order valence-corrected chi connectivity index (χ3v) is 7.78. The van der Waals surface area contributed by atoms with Crippen molar-refractivity contribution in [3.63, 3.8) is 0 Å². The molecule has 1 unspecified atom stereocenters. The number of hydrogen-bond donors (Lipinski definition) is 1. The van der Waals surface area contributed by atoms with Crippen LogP contribution >= 0.6 is 11.3 Å². The average Bonchev–Trinajstić information content (AvgIpc) is 3.51. The first-order valence-electron chi connectivity index (χ1n) is 11.5. The van der Waals surface area contributed by atoms with Crippen LogP contribution in [-0.4, -0.2) is 63.5 Å². The zero-order valence-corrected chi connectivity index (χ0v) is 20.4. The molecule has 3 heterocycles. The van der Waals surface area contributed by atoms with Gasteiger partial charge in [0.05, 0.1) is 30.8 Å². The molecule has 35 heavy (non-hydrogen) atoms. The number of hydrogen-bond acceptors (Lipinski definition) is 6. The number of esters is 1. The summed E-state index contributed by atoms with van der Waals surface area (Å²) in [5.74, 6) is -0.704. The Hall–Kier alpha value is -3.72. The van der Waals surface area contributed by atoms with Gasteiger partial charge in [-0.15, -0.1) is 11.3 Å². The second kappa shape index (κ2) is 9.14. The molecule has 180 valence electrons. The molecule has 9 heteroatoms. The molecule has 0 saturated carbocycles. The standard InChI is InChI=1S/C26H26N4O4S/c1-26(10-12-30(26)24(32)20-16-35-22-6-4-3-5-19(20)22)25(33)29(11-9-23(31)34-2)15-17-7-8-18-14-27-28-21(18)13-17/h3-8,13-14,16H,9-12,15H2,1-2H3,(H,27,28). The highest BCUT2D eigenvalue weighted by atomic mass is 32.1. The number of thiophene rings is 1. The van der Waals surface area contributed by atoms with Crippen molar-refractivity contribution in [2.24, 2.45) is 0 Å². The first-order chi connectivity index (χ1) is 16.9. The van der Waals surface area contributed by atoms with Crippen LogP contribution in [0.15, 0.2) is 54.0 Å². The number of nitrogens with one attached hydrogen (secondary N) is 1. The number of carbonyl (C=O) groups is 3. The second-order valence-electron chi connectivity index (χ2n) is 8.97. The molecule has 1 saturated heterocycles. The van der Waals surface area contributed by atoms with E-state index in [-0.39, 0.29) is 30.7 Å². The van der Waals surface area contributed by atoms with Gasteiger partial charge in [-0.2, -0.15) is 5.10 Å². The summed E-state index contributed by atoms with van der Waals surface area (Å²) in [5.41, 5.74) is 1.42. The van der Waals surface area contributed by atoms with Gasteiger partial charge in [0.25, 0.3) is 5.91 Å². The van der Waals surface area contributed by atoms with Crippen LogP contribution < -0.4 is 0 Å². The van der Waals surface area contributed by atoms with Gasteiger partial charge in [0.2, 0.25) is 5.91 Å². The number of likely N-dealkylation sites (tertiary alicyclic amines) is 1. The highest BCUT2D eigenvalue weighted by molar-refractivity contribution is 7.17. The summed E-state index contributed by atoms with van der Waals surface area (Å²) >= 11 is 1.52. The molecule has 4 aromatic rings. The highest BCUT2D eigenvalue weighted by Gasteiger charge is 2.51. The molecule has 2 aromatic carbocycles. The molecule has 1 fully saturated rings. The first kappa shape index (κ1) is 23.0. The summed E-state index contributed by atoms with van der Waals surface area (Å²) in [6.45, 7) is 2.83. The molecule has 5 rings (SSSR count). The molecule has 0 bridgehead atoms. The van der Waals surface area contributed by atoms with Crippen LogP contribution in [0.2, 0.25) is 0 Å². The van der Waals surface area contributed by atoms with Crippen molar-refractivity contribution in [3.8, 4) is 0 Å². The Morgan fingerprint density at radius 2 is 2.06 bits per heavy atom. The molecule has 0 spiro atoms. The van der Waals surface area contributed by atoms with Crippen molar-refractivity contribution < 1.29 is 19.1 Å². The molecular formula is C26H26N4O4S. The molecule has 1 aliphatic rings. The Labute approximate surface area is 206 Å². The van der Waals surface area contributed by atoms with Crippen molar-refractivity contribution in [1.29, 1.82) is 0 Å². The van der Waals surface area contributed by atoms with E-state index in [4.69, 9.17) is 4.74 Å². The molecule has 0 aliphatic carbocycles. The van der Waals surface area contributed by atoms with E-state index in [9.17, 15) is 14.4 Å². The van der Waals surface area contributed by atoms with E-state index in [0.29, 0.717) is 25.1 Å². The van der Waals surface area contributed by atoms with Crippen LogP contribution in [-0.2, 0) is 20.9 Å². The zero-order valence-electron chi connectivity index (χ0n) is 19.6. The summed E-state index contributed by atoms with van der Waals surface area (Å²) in [6.07, 6.45) is 2.38. The van der Waals surface area contributed by atoms with Gasteiger partial charge in [0, 0.05) is 40.5 Å². The molecule has 2 aromatic heterocycles. The van der Waals surface area contributed by atoms with Gasteiger partial charge in [-0.05, 0) is 31.0 Å². The van der Waals surface area contributed by atoms with Gasteiger partial charge < -0.3 is 14.5 Å². The van der Waals surface area contributed by atoms with E-state index < -0.39 is 5.54 Å². The number of benzene rings is 2. The van der Waals surface area contributed by atoms with Gasteiger partial charge >= 0.3 is 5.97 Å². The number of fused-ring (bicyclic) bond motifs is 2. The fourth-order valence-corrected chi connectivity index (χ4v) is 5.55. The number of H-pyrrole nitrogens is 1. The lowest BCUT2D eigenvalue weighted by atomic mass is 9.84. The van der Waals surface area contributed by atoms with E-state index in [1.54, 1.807) is 16.0 Å². The molecular weight excluding hydrogens is 464 g/mol.